The molecular weight excluding hydrogens is 463 g/mol. The molecule has 2 aromatic carbocycles. The second-order valence-corrected chi connectivity index (χ2v) is 8.75. The van der Waals surface area contributed by atoms with E-state index in [-0.39, 0.29) is 45.2 Å². The van der Waals surface area contributed by atoms with Crippen molar-refractivity contribution in [3.63, 3.8) is 0 Å². The summed E-state index contributed by atoms with van der Waals surface area (Å²) in [4.78, 5) is 29.1. The van der Waals surface area contributed by atoms with Crippen molar-refractivity contribution in [2.75, 3.05) is 25.0 Å². The summed E-state index contributed by atoms with van der Waals surface area (Å²) in [5.74, 6) is -1.71. The van der Waals surface area contributed by atoms with Gasteiger partial charge in [0.2, 0.25) is 0 Å². The number of aromatic carboxylic acids is 1. The second-order valence-electron chi connectivity index (χ2n) is 7.93. The lowest BCUT2D eigenvalue weighted by Gasteiger charge is -2.31. The molecule has 0 bridgehead atoms. The van der Waals surface area contributed by atoms with Crippen LogP contribution in [0.15, 0.2) is 36.4 Å². The van der Waals surface area contributed by atoms with Crippen LogP contribution in [-0.4, -0.2) is 53.2 Å². The van der Waals surface area contributed by atoms with Crippen molar-refractivity contribution < 1.29 is 19.8 Å². The molecule has 9 heteroatoms. The van der Waals surface area contributed by atoms with Crippen LogP contribution in [0.5, 0.6) is 0 Å². The summed E-state index contributed by atoms with van der Waals surface area (Å²) in [6.07, 6.45) is 2.67. The molecule has 2 aliphatic heterocycles. The van der Waals surface area contributed by atoms with E-state index in [1.165, 1.54) is 17.0 Å². The lowest BCUT2D eigenvalue weighted by Crippen LogP contribution is -2.49. The highest BCUT2D eigenvalue weighted by atomic mass is 35.5. The molecule has 0 radical (unpaired) electrons. The van der Waals surface area contributed by atoms with Crippen LogP contribution < -0.4 is 4.90 Å². The van der Waals surface area contributed by atoms with Gasteiger partial charge in [0.15, 0.2) is 5.60 Å². The first-order valence-electron chi connectivity index (χ1n) is 9.82. The maximum absolute atomic E-state index is 13.8. The summed E-state index contributed by atoms with van der Waals surface area (Å²) < 4.78 is 0. The van der Waals surface area contributed by atoms with E-state index in [9.17, 15) is 19.8 Å². The summed E-state index contributed by atoms with van der Waals surface area (Å²) >= 11 is 12.8. The van der Waals surface area contributed by atoms with Gasteiger partial charge in [0.25, 0.3) is 5.91 Å². The quantitative estimate of drug-likeness (QED) is 0.682. The fourth-order valence-electron chi connectivity index (χ4n) is 4.54. The van der Waals surface area contributed by atoms with E-state index in [0.29, 0.717) is 12.2 Å². The Morgan fingerprint density at radius 2 is 1.87 bits per heavy atom. The molecule has 2 N–H and O–H groups in total. The second kappa shape index (κ2) is 8.96. The number of hydrogen-bond acceptors (Lipinski definition) is 4. The summed E-state index contributed by atoms with van der Waals surface area (Å²) in [5.41, 5.74) is -1.40. The van der Waals surface area contributed by atoms with Gasteiger partial charge in [-0.2, -0.15) is 0 Å². The molecule has 166 valence electrons. The molecule has 0 spiro atoms. The normalized spacial score (nSPS) is 23.8. The minimum atomic E-state index is -2.09. The lowest BCUT2D eigenvalue weighted by atomic mass is 9.87. The summed E-state index contributed by atoms with van der Waals surface area (Å²) in [6, 6.07) is 9.05. The van der Waals surface area contributed by atoms with Crippen LogP contribution in [0.25, 0.3) is 0 Å². The number of carboxylic acid groups (broad SMARTS) is 1. The maximum atomic E-state index is 13.8. The molecule has 1 amide bonds. The first kappa shape index (κ1) is 23.8. The molecule has 1 saturated heterocycles. The Balaban J connectivity index is 0.00000272. The van der Waals surface area contributed by atoms with Gasteiger partial charge in [-0.25, -0.2) is 4.79 Å². The van der Waals surface area contributed by atoms with Gasteiger partial charge < -0.3 is 20.0 Å². The number of benzene rings is 2. The number of fused-ring (bicyclic) bond motifs is 1. The molecule has 0 aliphatic carbocycles. The molecule has 2 heterocycles. The predicted octanol–water partition coefficient (Wildman–Crippen LogP) is 4.18. The SMILES string of the molecule is CN1CCCCC(N2C(=O)C(O)(c3ccccc3Cl)c3c(Cl)cc(C(=O)O)cc32)C1.Cl. The van der Waals surface area contributed by atoms with Gasteiger partial charge in [0.1, 0.15) is 0 Å². The molecule has 2 aromatic rings. The topological polar surface area (TPSA) is 81.1 Å². The van der Waals surface area contributed by atoms with Crippen molar-refractivity contribution in [2.24, 2.45) is 0 Å². The van der Waals surface area contributed by atoms with Crippen molar-refractivity contribution in [1.82, 2.24) is 4.90 Å². The Labute approximate surface area is 196 Å². The van der Waals surface area contributed by atoms with E-state index >= 15 is 0 Å². The number of carboxylic acids is 1. The highest BCUT2D eigenvalue weighted by Gasteiger charge is 2.55. The monoisotopic (exact) mass is 484 g/mol. The number of hydrogen-bond donors (Lipinski definition) is 2. The van der Waals surface area contributed by atoms with Gasteiger partial charge in [-0.05, 0) is 44.6 Å². The molecule has 6 nitrogen and oxygen atoms in total. The van der Waals surface area contributed by atoms with Crippen LogP contribution in [0.2, 0.25) is 10.0 Å². The van der Waals surface area contributed by atoms with Gasteiger partial charge in [0.05, 0.1) is 16.3 Å². The third kappa shape index (κ3) is 3.92. The molecule has 1 fully saturated rings. The van der Waals surface area contributed by atoms with Gasteiger partial charge in [-0.15, -0.1) is 12.4 Å². The van der Waals surface area contributed by atoms with Crippen molar-refractivity contribution >= 4 is 53.2 Å². The first-order chi connectivity index (χ1) is 14.2. The number of aliphatic hydroxyl groups is 1. The fourth-order valence-corrected chi connectivity index (χ4v) is 5.16. The lowest BCUT2D eigenvalue weighted by molar-refractivity contribution is -0.132. The fraction of sp³-hybridized carbons (Fsp3) is 0.364. The molecule has 0 aromatic heterocycles. The van der Waals surface area contributed by atoms with Crippen molar-refractivity contribution in [1.29, 1.82) is 0 Å². The highest BCUT2D eigenvalue weighted by Crippen LogP contribution is 2.51. The average Bonchev–Trinajstić information content (AvgIpc) is 2.81. The zero-order chi connectivity index (χ0) is 21.6. The molecule has 2 aliphatic rings. The van der Waals surface area contributed by atoms with Crippen LogP contribution in [0.3, 0.4) is 0 Å². The van der Waals surface area contributed by atoms with Crippen LogP contribution in [-0.2, 0) is 10.4 Å². The summed E-state index contributed by atoms with van der Waals surface area (Å²) in [7, 11) is 1.99. The number of carbonyl (C=O) groups excluding carboxylic acids is 1. The molecule has 0 saturated carbocycles. The van der Waals surface area contributed by atoms with Crippen molar-refractivity contribution in [2.45, 2.75) is 30.9 Å². The summed E-state index contributed by atoms with van der Waals surface area (Å²) in [5, 5.41) is 21.6. The van der Waals surface area contributed by atoms with Gasteiger partial charge in [-0.1, -0.05) is 47.8 Å². The molecule has 31 heavy (non-hydrogen) atoms. The number of rotatable bonds is 3. The maximum Gasteiger partial charge on any atom is 0.335 e. The summed E-state index contributed by atoms with van der Waals surface area (Å²) in [6.45, 7) is 1.52. The Bertz CT molecular complexity index is 1030. The molecule has 2 unspecified atom stereocenters. The number of carbonyl (C=O) groups is 2. The number of anilines is 1. The van der Waals surface area contributed by atoms with Crippen LogP contribution in [0.4, 0.5) is 5.69 Å². The Morgan fingerprint density at radius 1 is 1.16 bits per heavy atom. The number of halogens is 3. The predicted molar refractivity (Wildman–Crippen MR) is 123 cm³/mol. The zero-order valence-corrected chi connectivity index (χ0v) is 19.2. The van der Waals surface area contributed by atoms with Gasteiger partial charge in [0, 0.05) is 28.7 Å². The Morgan fingerprint density at radius 3 is 2.55 bits per heavy atom. The number of amides is 1. The van der Waals surface area contributed by atoms with E-state index in [0.717, 1.165) is 25.8 Å². The van der Waals surface area contributed by atoms with Gasteiger partial charge in [-0.3, -0.25) is 4.79 Å². The molecule has 2 atom stereocenters. The van der Waals surface area contributed by atoms with Gasteiger partial charge >= 0.3 is 5.97 Å². The van der Waals surface area contributed by atoms with E-state index in [4.69, 9.17) is 23.2 Å². The van der Waals surface area contributed by atoms with E-state index in [2.05, 4.69) is 4.90 Å². The van der Waals surface area contributed by atoms with E-state index < -0.39 is 17.5 Å². The zero-order valence-electron chi connectivity index (χ0n) is 16.8. The highest BCUT2D eigenvalue weighted by molar-refractivity contribution is 6.35. The number of likely N-dealkylation sites (N-methyl/N-ethyl adjacent to an activating group) is 1. The standard InChI is InChI=1S/C22H22Cl2N2O4.ClH/c1-25-9-5-4-6-14(12-25)26-18-11-13(20(27)28)10-17(24)19(18)22(30,21(26)29)15-7-2-3-8-16(15)23;/h2-3,7-8,10-11,14,30H,4-6,9,12H2,1H3,(H,27,28);1H. The minimum Gasteiger partial charge on any atom is -0.478 e. The van der Waals surface area contributed by atoms with Crippen LogP contribution in [0.1, 0.15) is 40.7 Å². The van der Waals surface area contributed by atoms with Crippen molar-refractivity contribution in [3.05, 3.63) is 63.1 Å². The van der Waals surface area contributed by atoms with Crippen LogP contribution in [0, 0.1) is 0 Å². The van der Waals surface area contributed by atoms with E-state index in [1.807, 2.05) is 7.05 Å². The van der Waals surface area contributed by atoms with Crippen LogP contribution >= 0.6 is 35.6 Å². The molecule has 4 rings (SSSR count). The largest absolute Gasteiger partial charge is 0.478 e. The average molecular weight is 486 g/mol. The smallest absolute Gasteiger partial charge is 0.335 e. The minimum absolute atomic E-state index is 0. The first-order valence-corrected chi connectivity index (χ1v) is 10.6. The number of likely N-dealkylation sites (tertiary alicyclic amines) is 1. The third-order valence-electron chi connectivity index (χ3n) is 5.94. The molecular formula is C22H23Cl3N2O4. The Kier molecular flexibility index (Phi) is 6.89. The third-order valence-corrected chi connectivity index (χ3v) is 6.57. The number of nitrogens with zero attached hydrogens (tertiary/aromatic N) is 2. The van der Waals surface area contributed by atoms with E-state index in [1.54, 1.807) is 24.3 Å². The Hall–Kier alpha value is -1.83. The van der Waals surface area contributed by atoms with Crippen molar-refractivity contribution in [3.8, 4) is 0 Å².